The molecule has 0 heterocycles. The third-order valence-electron chi connectivity index (χ3n) is 3.45. The minimum atomic E-state index is -0.621. The number of ether oxygens (including phenoxy) is 2. The van der Waals surface area contributed by atoms with E-state index >= 15 is 0 Å². The molecule has 0 fully saturated rings. The van der Waals surface area contributed by atoms with E-state index in [-0.39, 0.29) is 24.3 Å². The second kappa shape index (κ2) is 10.1. The molecule has 0 saturated heterocycles. The fourth-order valence-corrected chi connectivity index (χ4v) is 2.03. The number of hydrogen-bond donors (Lipinski definition) is 4. The molecule has 26 heavy (non-hydrogen) atoms. The zero-order chi connectivity index (χ0) is 19.8. The maximum absolute atomic E-state index is 10.1. The highest BCUT2D eigenvalue weighted by atomic mass is 16.5. The number of benzene rings is 1. The monoisotopic (exact) mass is 368 g/mol. The zero-order valence-electron chi connectivity index (χ0n) is 17.0. The molecule has 2 atom stereocenters. The molecule has 0 amide bonds. The van der Waals surface area contributed by atoms with E-state index < -0.39 is 12.2 Å². The average molecular weight is 369 g/mol. The molecular weight excluding hydrogens is 332 g/mol. The van der Waals surface area contributed by atoms with Gasteiger partial charge in [-0.25, -0.2) is 0 Å². The van der Waals surface area contributed by atoms with Crippen molar-refractivity contribution in [2.75, 3.05) is 26.3 Å². The van der Waals surface area contributed by atoms with Crippen LogP contribution in [-0.4, -0.2) is 59.8 Å². The van der Waals surface area contributed by atoms with Gasteiger partial charge in [-0.2, -0.15) is 0 Å². The van der Waals surface area contributed by atoms with Crippen LogP contribution < -0.4 is 20.1 Å². The van der Waals surface area contributed by atoms with Gasteiger partial charge >= 0.3 is 0 Å². The fraction of sp³-hybridized carbons (Fsp3) is 0.700. The van der Waals surface area contributed by atoms with E-state index in [0.717, 1.165) is 0 Å². The third kappa shape index (κ3) is 10.6. The van der Waals surface area contributed by atoms with Crippen LogP contribution in [0.4, 0.5) is 0 Å². The molecule has 0 saturated carbocycles. The lowest BCUT2D eigenvalue weighted by molar-refractivity contribution is 0.0871. The van der Waals surface area contributed by atoms with Gasteiger partial charge in [-0.3, -0.25) is 0 Å². The summed E-state index contributed by atoms with van der Waals surface area (Å²) in [6, 6.07) is 7.27. The van der Waals surface area contributed by atoms with Gasteiger partial charge in [-0.1, -0.05) is 12.1 Å². The van der Waals surface area contributed by atoms with E-state index in [4.69, 9.17) is 9.47 Å². The standard InChI is InChI=1S/C20H36N2O4/c1-19(2,3)21-11-15(23)13-25-17-9-7-8-10-18(17)26-14-16(24)12-22-20(4,5)6/h7-10,15-16,21-24H,11-14H2,1-6H3. The van der Waals surface area contributed by atoms with Crippen LogP contribution in [0.5, 0.6) is 11.5 Å². The number of nitrogens with one attached hydrogen (secondary N) is 2. The van der Waals surface area contributed by atoms with E-state index in [9.17, 15) is 10.2 Å². The molecule has 4 N–H and O–H groups in total. The molecule has 0 aromatic heterocycles. The number of para-hydroxylation sites is 2. The van der Waals surface area contributed by atoms with Crippen molar-refractivity contribution in [3.63, 3.8) is 0 Å². The third-order valence-corrected chi connectivity index (χ3v) is 3.45. The Morgan fingerprint density at radius 2 is 1.12 bits per heavy atom. The number of aliphatic hydroxyl groups is 2. The highest BCUT2D eigenvalue weighted by Crippen LogP contribution is 2.26. The Labute approximate surface area is 157 Å². The van der Waals surface area contributed by atoms with Crippen molar-refractivity contribution in [3.05, 3.63) is 24.3 Å². The number of β-amino-alcohol motifs (C(OH)–C–C–N with tert-alkyl or cyclic N) is 2. The maximum Gasteiger partial charge on any atom is 0.161 e. The lowest BCUT2D eigenvalue weighted by atomic mass is 10.1. The molecule has 6 nitrogen and oxygen atoms in total. The quantitative estimate of drug-likeness (QED) is 0.505. The van der Waals surface area contributed by atoms with E-state index in [0.29, 0.717) is 24.6 Å². The van der Waals surface area contributed by atoms with Crippen LogP contribution in [0.15, 0.2) is 24.3 Å². The van der Waals surface area contributed by atoms with Gasteiger partial charge in [0.2, 0.25) is 0 Å². The van der Waals surface area contributed by atoms with Gasteiger partial charge in [-0.15, -0.1) is 0 Å². The van der Waals surface area contributed by atoms with Gasteiger partial charge in [-0.05, 0) is 53.7 Å². The summed E-state index contributed by atoms with van der Waals surface area (Å²) in [6.45, 7) is 13.5. The van der Waals surface area contributed by atoms with Gasteiger partial charge in [0.1, 0.15) is 25.4 Å². The molecule has 0 bridgehead atoms. The van der Waals surface area contributed by atoms with E-state index in [1.54, 1.807) is 12.1 Å². The van der Waals surface area contributed by atoms with Crippen LogP contribution in [0, 0.1) is 0 Å². The van der Waals surface area contributed by atoms with Gasteiger partial charge in [0.25, 0.3) is 0 Å². The van der Waals surface area contributed by atoms with E-state index in [1.807, 2.05) is 53.7 Å². The van der Waals surface area contributed by atoms with E-state index in [2.05, 4.69) is 10.6 Å². The summed E-state index contributed by atoms with van der Waals surface area (Å²) < 4.78 is 11.4. The van der Waals surface area contributed by atoms with Crippen LogP contribution >= 0.6 is 0 Å². The smallest absolute Gasteiger partial charge is 0.161 e. The Morgan fingerprint density at radius 3 is 1.42 bits per heavy atom. The maximum atomic E-state index is 10.1. The van der Waals surface area contributed by atoms with Crippen molar-refractivity contribution in [1.29, 1.82) is 0 Å². The lowest BCUT2D eigenvalue weighted by Crippen LogP contribution is -2.42. The Bertz CT molecular complexity index is 476. The SMILES string of the molecule is CC(C)(C)NCC(O)COc1ccccc1OCC(O)CNC(C)(C)C. The number of rotatable bonds is 10. The average Bonchev–Trinajstić information content (AvgIpc) is 2.53. The largest absolute Gasteiger partial charge is 0.487 e. The van der Waals surface area contributed by atoms with Crippen LogP contribution in [0.1, 0.15) is 41.5 Å². The van der Waals surface area contributed by atoms with Crippen LogP contribution in [0.25, 0.3) is 0 Å². The highest BCUT2D eigenvalue weighted by Gasteiger charge is 2.15. The van der Waals surface area contributed by atoms with Gasteiger partial charge in [0.15, 0.2) is 11.5 Å². The van der Waals surface area contributed by atoms with Crippen LogP contribution in [0.3, 0.4) is 0 Å². The Morgan fingerprint density at radius 1 is 0.769 bits per heavy atom. The topological polar surface area (TPSA) is 83.0 Å². The summed E-state index contributed by atoms with van der Waals surface area (Å²) in [5, 5.41) is 26.6. The van der Waals surface area contributed by atoms with Gasteiger partial charge in [0, 0.05) is 24.2 Å². The Kier molecular flexibility index (Phi) is 8.83. The first-order chi connectivity index (χ1) is 12.0. The van der Waals surface area contributed by atoms with Crippen molar-refractivity contribution in [3.8, 4) is 11.5 Å². The van der Waals surface area contributed by atoms with Gasteiger partial charge in [0.05, 0.1) is 0 Å². The molecule has 0 spiro atoms. The molecule has 2 unspecified atom stereocenters. The molecule has 0 aliphatic carbocycles. The first-order valence-electron chi connectivity index (χ1n) is 9.17. The van der Waals surface area contributed by atoms with Crippen molar-refractivity contribution in [2.24, 2.45) is 0 Å². The lowest BCUT2D eigenvalue weighted by Gasteiger charge is -2.24. The fourth-order valence-electron chi connectivity index (χ4n) is 2.03. The van der Waals surface area contributed by atoms with Crippen molar-refractivity contribution < 1.29 is 19.7 Å². The van der Waals surface area contributed by atoms with E-state index in [1.165, 1.54) is 0 Å². The molecule has 1 aromatic rings. The second-order valence-corrected chi connectivity index (χ2v) is 8.64. The molecule has 6 heteroatoms. The molecule has 0 radical (unpaired) electrons. The second-order valence-electron chi connectivity index (χ2n) is 8.64. The number of hydrogen-bond acceptors (Lipinski definition) is 6. The molecule has 0 aliphatic rings. The van der Waals surface area contributed by atoms with Crippen LogP contribution in [-0.2, 0) is 0 Å². The summed E-state index contributed by atoms with van der Waals surface area (Å²) in [6.07, 6.45) is -1.24. The predicted octanol–water partition coefficient (Wildman–Crippen LogP) is 1.94. The Hall–Kier alpha value is -1.34. The minimum Gasteiger partial charge on any atom is -0.487 e. The summed E-state index contributed by atoms with van der Waals surface area (Å²) in [5.41, 5.74) is -0.113. The van der Waals surface area contributed by atoms with Crippen molar-refractivity contribution in [1.82, 2.24) is 10.6 Å². The summed E-state index contributed by atoms with van der Waals surface area (Å²) in [5.74, 6) is 1.11. The van der Waals surface area contributed by atoms with Crippen LogP contribution in [0.2, 0.25) is 0 Å². The molecular formula is C20H36N2O4. The first kappa shape index (κ1) is 22.7. The predicted molar refractivity (Wildman–Crippen MR) is 105 cm³/mol. The summed E-state index contributed by atoms with van der Waals surface area (Å²) >= 11 is 0. The van der Waals surface area contributed by atoms with Crippen molar-refractivity contribution >= 4 is 0 Å². The first-order valence-corrected chi connectivity index (χ1v) is 9.17. The summed E-state index contributed by atoms with van der Waals surface area (Å²) in [4.78, 5) is 0. The normalized spacial score (nSPS) is 14.8. The molecule has 150 valence electrons. The highest BCUT2D eigenvalue weighted by molar-refractivity contribution is 5.39. The van der Waals surface area contributed by atoms with Gasteiger partial charge < -0.3 is 30.3 Å². The molecule has 1 rings (SSSR count). The zero-order valence-corrected chi connectivity index (χ0v) is 17.0. The minimum absolute atomic E-state index is 0.0563. The number of aliphatic hydroxyl groups excluding tert-OH is 2. The molecule has 1 aromatic carbocycles. The summed E-state index contributed by atoms with van der Waals surface area (Å²) in [7, 11) is 0. The molecule has 0 aliphatic heterocycles. The van der Waals surface area contributed by atoms with Crippen molar-refractivity contribution in [2.45, 2.75) is 64.8 Å². The Balaban J connectivity index is 2.46.